The number of nitrogens with two attached hydrogens (primary N) is 1. The van der Waals surface area contributed by atoms with E-state index >= 15 is 0 Å². The maximum Gasteiger partial charge on any atom is 0.119 e. The highest BCUT2D eigenvalue weighted by molar-refractivity contribution is 7.05. The Hall–Kier alpha value is -1.46. The second kappa shape index (κ2) is 5.67. The number of ether oxygens (including phenoxy) is 1. The van der Waals surface area contributed by atoms with Gasteiger partial charge in [-0.05, 0) is 47.6 Å². The zero-order chi connectivity index (χ0) is 14.0. The Morgan fingerprint density at radius 3 is 2.63 bits per heavy atom. The standard InChI is InChI=1S/C14H19N3OS/c1-8(2)13-14(19-17-16-13)12(15)11-6-5-10(18-4)7-9(11)3/h5-8,12H,15H2,1-4H3. The number of aryl methyl sites for hydroxylation is 1. The van der Waals surface area contributed by atoms with E-state index < -0.39 is 0 Å². The van der Waals surface area contributed by atoms with Gasteiger partial charge >= 0.3 is 0 Å². The molecule has 0 amide bonds. The van der Waals surface area contributed by atoms with Gasteiger partial charge in [0, 0.05) is 0 Å². The van der Waals surface area contributed by atoms with Crippen molar-refractivity contribution in [2.75, 3.05) is 7.11 Å². The molecular weight excluding hydrogens is 258 g/mol. The van der Waals surface area contributed by atoms with Crippen molar-refractivity contribution in [2.24, 2.45) is 5.73 Å². The predicted octanol–water partition coefficient (Wildman–Crippen LogP) is 3.03. The molecule has 1 atom stereocenters. The van der Waals surface area contributed by atoms with E-state index in [1.165, 1.54) is 11.5 Å². The van der Waals surface area contributed by atoms with Gasteiger partial charge in [0.1, 0.15) is 5.75 Å². The third-order valence-electron chi connectivity index (χ3n) is 3.18. The summed E-state index contributed by atoms with van der Waals surface area (Å²) in [6.45, 7) is 6.25. The van der Waals surface area contributed by atoms with Crippen molar-refractivity contribution >= 4 is 11.5 Å². The summed E-state index contributed by atoms with van der Waals surface area (Å²) in [7, 11) is 1.67. The monoisotopic (exact) mass is 277 g/mol. The summed E-state index contributed by atoms with van der Waals surface area (Å²) in [5.41, 5.74) is 9.59. The van der Waals surface area contributed by atoms with Crippen LogP contribution < -0.4 is 10.5 Å². The molecule has 0 saturated heterocycles. The lowest BCUT2D eigenvalue weighted by molar-refractivity contribution is 0.414. The van der Waals surface area contributed by atoms with Gasteiger partial charge in [0.2, 0.25) is 0 Å². The average Bonchev–Trinajstić information content (AvgIpc) is 2.87. The normalized spacial score (nSPS) is 12.7. The van der Waals surface area contributed by atoms with E-state index in [1.54, 1.807) is 7.11 Å². The first-order valence-electron chi connectivity index (χ1n) is 6.26. The van der Waals surface area contributed by atoms with E-state index in [2.05, 4.69) is 23.4 Å². The van der Waals surface area contributed by atoms with Crippen LogP contribution in [0.15, 0.2) is 18.2 Å². The Kier molecular flexibility index (Phi) is 4.17. The van der Waals surface area contributed by atoms with Crippen LogP contribution in [0.25, 0.3) is 0 Å². The molecule has 0 aliphatic rings. The van der Waals surface area contributed by atoms with Crippen LogP contribution in [0, 0.1) is 6.92 Å². The van der Waals surface area contributed by atoms with Gasteiger partial charge in [-0.2, -0.15) is 0 Å². The predicted molar refractivity (Wildman–Crippen MR) is 77.8 cm³/mol. The van der Waals surface area contributed by atoms with Gasteiger partial charge in [0.15, 0.2) is 0 Å². The lowest BCUT2D eigenvalue weighted by Gasteiger charge is -2.16. The fraction of sp³-hybridized carbons (Fsp3) is 0.429. The van der Waals surface area contributed by atoms with Crippen molar-refractivity contribution in [2.45, 2.75) is 32.7 Å². The third kappa shape index (κ3) is 2.77. The fourth-order valence-electron chi connectivity index (χ4n) is 2.09. The van der Waals surface area contributed by atoms with Gasteiger partial charge in [0.25, 0.3) is 0 Å². The highest BCUT2D eigenvalue weighted by Gasteiger charge is 2.20. The Morgan fingerprint density at radius 2 is 2.05 bits per heavy atom. The van der Waals surface area contributed by atoms with Gasteiger partial charge in [-0.1, -0.05) is 24.4 Å². The van der Waals surface area contributed by atoms with Gasteiger partial charge in [0.05, 0.1) is 23.7 Å². The summed E-state index contributed by atoms with van der Waals surface area (Å²) < 4.78 is 9.26. The van der Waals surface area contributed by atoms with Crippen molar-refractivity contribution in [3.05, 3.63) is 39.9 Å². The summed E-state index contributed by atoms with van der Waals surface area (Å²) in [4.78, 5) is 1.04. The van der Waals surface area contributed by atoms with Crippen LogP contribution in [-0.4, -0.2) is 16.7 Å². The minimum absolute atomic E-state index is 0.177. The largest absolute Gasteiger partial charge is 0.497 e. The molecule has 2 rings (SSSR count). The van der Waals surface area contributed by atoms with E-state index in [0.29, 0.717) is 5.92 Å². The van der Waals surface area contributed by atoms with E-state index in [1.807, 2.05) is 25.1 Å². The van der Waals surface area contributed by atoms with Crippen LogP contribution in [-0.2, 0) is 0 Å². The topological polar surface area (TPSA) is 61.0 Å². The number of hydrogen-bond acceptors (Lipinski definition) is 5. The molecule has 0 spiro atoms. The number of aromatic nitrogens is 2. The summed E-state index contributed by atoms with van der Waals surface area (Å²) in [6, 6.07) is 5.77. The number of benzene rings is 1. The first-order chi connectivity index (χ1) is 9.04. The molecule has 0 bridgehead atoms. The van der Waals surface area contributed by atoms with Crippen molar-refractivity contribution in [1.29, 1.82) is 0 Å². The van der Waals surface area contributed by atoms with Crippen LogP contribution in [0.1, 0.15) is 47.5 Å². The zero-order valence-electron chi connectivity index (χ0n) is 11.7. The van der Waals surface area contributed by atoms with Crippen LogP contribution in [0.3, 0.4) is 0 Å². The molecule has 0 aliphatic heterocycles. The van der Waals surface area contributed by atoms with Crippen molar-refractivity contribution in [3.63, 3.8) is 0 Å². The maximum absolute atomic E-state index is 6.38. The first kappa shape index (κ1) is 14.0. The van der Waals surface area contributed by atoms with Gasteiger partial charge in [-0.25, -0.2) is 0 Å². The molecule has 0 aliphatic carbocycles. The van der Waals surface area contributed by atoms with Crippen molar-refractivity contribution in [1.82, 2.24) is 9.59 Å². The summed E-state index contributed by atoms with van der Waals surface area (Å²) in [5.74, 6) is 1.18. The molecule has 2 N–H and O–H groups in total. The summed E-state index contributed by atoms with van der Waals surface area (Å²) in [6.07, 6.45) is 0. The molecule has 2 aromatic rings. The molecule has 102 valence electrons. The van der Waals surface area contributed by atoms with Crippen LogP contribution in [0.5, 0.6) is 5.75 Å². The Morgan fingerprint density at radius 1 is 1.32 bits per heavy atom. The third-order valence-corrected chi connectivity index (χ3v) is 4.00. The van der Waals surface area contributed by atoms with Gasteiger partial charge in [-0.3, -0.25) is 0 Å². The highest BCUT2D eigenvalue weighted by Crippen LogP contribution is 2.31. The highest BCUT2D eigenvalue weighted by atomic mass is 32.1. The smallest absolute Gasteiger partial charge is 0.119 e. The molecule has 1 heterocycles. The van der Waals surface area contributed by atoms with Crippen LogP contribution in [0.4, 0.5) is 0 Å². The number of rotatable bonds is 4. The number of hydrogen-bond donors (Lipinski definition) is 1. The molecule has 0 saturated carbocycles. The fourth-order valence-corrected chi connectivity index (χ4v) is 2.91. The number of methoxy groups -OCH3 is 1. The molecule has 5 heteroatoms. The molecule has 1 aromatic carbocycles. The molecular formula is C14H19N3OS. The van der Waals surface area contributed by atoms with E-state index in [0.717, 1.165) is 27.4 Å². The van der Waals surface area contributed by atoms with E-state index in [-0.39, 0.29) is 6.04 Å². The molecule has 1 aromatic heterocycles. The molecule has 19 heavy (non-hydrogen) atoms. The van der Waals surface area contributed by atoms with Crippen molar-refractivity contribution in [3.8, 4) is 5.75 Å². The summed E-state index contributed by atoms with van der Waals surface area (Å²) >= 11 is 1.38. The quantitative estimate of drug-likeness (QED) is 0.933. The average molecular weight is 277 g/mol. The van der Waals surface area contributed by atoms with Gasteiger partial charge < -0.3 is 10.5 Å². The lowest BCUT2D eigenvalue weighted by atomic mass is 9.97. The van der Waals surface area contributed by atoms with E-state index in [4.69, 9.17) is 10.5 Å². The van der Waals surface area contributed by atoms with Gasteiger partial charge in [-0.15, -0.1) is 5.10 Å². The van der Waals surface area contributed by atoms with E-state index in [9.17, 15) is 0 Å². The zero-order valence-corrected chi connectivity index (χ0v) is 12.5. The second-order valence-electron chi connectivity index (χ2n) is 4.88. The Bertz CT molecular complexity index is 566. The molecule has 4 nitrogen and oxygen atoms in total. The Balaban J connectivity index is 2.38. The maximum atomic E-state index is 6.38. The first-order valence-corrected chi connectivity index (χ1v) is 7.04. The van der Waals surface area contributed by atoms with Crippen molar-refractivity contribution < 1.29 is 4.74 Å². The van der Waals surface area contributed by atoms with Crippen LogP contribution in [0.2, 0.25) is 0 Å². The number of nitrogens with zero attached hydrogens (tertiary/aromatic N) is 2. The van der Waals surface area contributed by atoms with Crippen LogP contribution >= 0.6 is 11.5 Å². The molecule has 0 fully saturated rings. The summed E-state index contributed by atoms with van der Waals surface area (Å²) in [5, 5.41) is 4.19. The molecule has 0 radical (unpaired) electrons. The second-order valence-corrected chi connectivity index (χ2v) is 5.66. The Labute approximate surface area is 117 Å². The SMILES string of the molecule is COc1ccc(C(N)c2snnc2C(C)C)c(C)c1. The minimum Gasteiger partial charge on any atom is -0.497 e. The minimum atomic E-state index is -0.177. The lowest BCUT2D eigenvalue weighted by Crippen LogP contribution is -2.14. The molecule has 1 unspecified atom stereocenters.